The molecule has 1 heterocycles. The maximum Gasteiger partial charge on any atom is 0.220 e. The Balaban J connectivity index is 2.33. The molecular weight excluding hydrogens is 144 g/mol. The Labute approximate surface area is 64.4 Å². The molecule has 1 amide bonds. The van der Waals surface area contributed by atoms with E-state index >= 15 is 0 Å². The van der Waals surface area contributed by atoms with Gasteiger partial charge in [-0.15, -0.1) is 0 Å². The van der Waals surface area contributed by atoms with E-state index in [1.165, 1.54) is 0 Å². The van der Waals surface area contributed by atoms with Crippen LogP contribution >= 0.6 is 0 Å². The van der Waals surface area contributed by atoms with Gasteiger partial charge < -0.3 is 5.32 Å². The van der Waals surface area contributed by atoms with E-state index in [1.54, 1.807) is 0 Å². The minimum atomic E-state index is 0.0622. The SMILES string of the molecule is [N-]=[N+]=NC[C@@H]1CCCC(=O)N1. The first-order valence-corrected chi connectivity index (χ1v) is 3.63. The highest BCUT2D eigenvalue weighted by Gasteiger charge is 2.16. The van der Waals surface area contributed by atoms with Gasteiger partial charge in [0.2, 0.25) is 5.91 Å². The van der Waals surface area contributed by atoms with Gasteiger partial charge >= 0.3 is 0 Å². The highest BCUT2D eigenvalue weighted by Crippen LogP contribution is 2.07. The van der Waals surface area contributed by atoms with E-state index in [1.807, 2.05) is 0 Å². The number of amides is 1. The van der Waals surface area contributed by atoms with Gasteiger partial charge in [-0.05, 0) is 18.4 Å². The molecule has 0 spiro atoms. The van der Waals surface area contributed by atoms with Crippen molar-refractivity contribution in [2.75, 3.05) is 6.54 Å². The molecule has 0 aromatic carbocycles. The number of nitrogens with zero attached hydrogens (tertiary/aromatic N) is 3. The monoisotopic (exact) mass is 154 g/mol. The molecule has 1 atom stereocenters. The first-order valence-electron chi connectivity index (χ1n) is 3.63. The summed E-state index contributed by atoms with van der Waals surface area (Å²) in [5.74, 6) is 0.0642. The average Bonchev–Trinajstić information content (AvgIpc) is 2.01. The van der Waals surface area contributed by atoms with Gasteiger partial charge in [0.1, 0.15) is 0 Å². The lowest BCUT2D eigenvalue weighted by Gasteiger charge is -2.20. The number of hydrogen-bond donors (Lipinski definition) is 1. The summed E-state index contributed by atoms with van der Waals surface area (Å²) >= 11 is 0. The summed E-state index contributed by atoms with van der Waals surface area (Å²) in [5.41, 5.74) is 8.01. The van der Waals surface area contributed by atoms with Gasteiger partial charge in [-0.1, -0.05) is 5.11 Å². The van der Waals surface area contributed by atoms with Crippen molar-refractivity contribution in [3.05, 3.63) is 10.4 Å². The molecule has 0 aromatic heterocycles. The summed E-state index contributed by atoms with van der Waals surface area (Å²) in [7, 11) is 0. The van der Waals surface area contributed by atoms with Gasteiger partial charge in [0.15, 0.2) is 0 Å². The van der Waals surface area contributed by atoms with Crippen molar-refractivity contribution in [3.8, 4) is 0 Å². The first-order chi connectivity index (χ1) is 5.33. The second-order valence-corrected chi connectivity index (χ2v) is 2.57. The third-order valence-corrected chi connectivity index (χ3v) is 1.69. The Hall–Kier alpha value is -1.22. The summed E-state index contributed by atoms with van der Waals surface area (Å²) in [6, 6.07) is 0.0622. The van der Waals surface area contributed by atoms with Crippen molar-refractivity contribution >= 4 is 5.91 Å². The molecule has 0 saturated carbocycles. The number of rotatable bonds is 2. The number of carbonyl (C=O) groups excluding carboxylic acids is 1. The van der Waals surface area contributed by atoms with Gasteiger partial charge in [-0.3, -0.25) is 4.79 Å². The summed E-state index contributed by atoms with van der Waals surface area (Å²) in [6.45, 7) is 0.377. The number of carbonyl (C=O) groups is 1. The zero-order chi connectivity index (χ0) is 8.10. The quantitative estimate of drug-likeness (QED) is 0.359. The molecule has 5 nitrogen and oxygen atoms in total. The molecular formula is C6H10N4O. The molecule has 0 unspecified atom stereocenters. The van der Waals surface area contributed by atoms with Gasteiger partial charge in [0.25, 0.3) is 0 Å². The van der Waals surface area contributed by atoms with Crippen LogP contribution < -0.4 is 5.32 Å². The minimum absolute atomic E-state index is 0.0622. The zero-order valence-corrected chi connectivity index (χ0v) is 6.16. The summed E-state index contributed by atoms with van der Waals surface area (Å²) < 4.78 is 0. The molecule has 1 aliphatic heterocycles. The molecule has 0 aliphatic carbocycles. The van der Waals surface area contributed by atoms with E-state index in [-0.39, 0.29) is 11.9 Å². The fraction of sp³-hybridized carbons (Fsp3) is 0.833. The normalized spacial score (nSPS) is 23.6. The van der Waals surface area contributed by atoms with E-state index in [0.29, 0.717) is 13.0 Å². The van der Waals surface area contributed by atoms with Crippen molar-refractivity contribution in [2.24, 2.45) is 5.11 Å². The topological polar surface area (TPSA) is 77.9 Å². The first kappa shape index (κ1) is 7.88. The molecule has 0 aromatic rings. The van der Waals surface area contributed by atoms with E-state index in [0.717, 1.165) is 12.8 Å². The lowest BCUT2D eigenvalue weighted by molar-refractivity contribution is -0.123. The molecule has 11 heavy (non-hydrogen) atoms. The van der Waals surface area contributed by atoms with Crippen molar-refractivity contribution in [3.63, 3.8) is 0 Å². The maximum atomic E-state index is 10.8. The van der Waals surface area contributed by atoms with Crippen LogP contribution in [0, 0.1) is 0 Å². The van der Waals surface area contributed by atoms with Crippen LogP contribution in [0.15, 0.2) is 5.11 Å². The Morgan fingerprint density at radius 3 is 3.27 bits per heavy atom. The van der Waals surface area contributed by atoms with Crippen molar-refractivity contribution < 1.29 is 4.79 Å². The van der Waals surface area contributed by atoms with E-state index in [9.17, 15) is 4.79 Å². The summed E-state index contributed by atoms with van der Waals surface area (Å²) in [5, 5.41) is 6.14. The van der Waals surface area contributed by atoms with Crippen LogP contribution in [0.25, 0.3) is 10.4 Å². The van der Waals surface area contributed by atoms with Crippen LogP contribution in [0.1, 0.15) is 19.3 Å². The highest BCUT2D eigenvalue weighted by molar-refractivity contribution is 5.76. The number of hydrogen-bond acceptors (Lipinski definition) is 2. The summed E-state index contributed by atoms with van der Waals surface area (Å²) in [4.78, 5) is 13.4. The minimum Gasteiger partial charge on any atom is -0.353 e. The third-order valence-electron chi connectivity index (χ3n) is 1.69. The fourth-order valence-electron chi connectivity index (χ4n) is 1.15. The Kier molecular flexibility index (Phi) is 2.74. The van der Waals surface area contributed by atoms with Crippen LogP contribution in [0.5, 0.6) is 0 Å². The molecule has 1 aliphatic rings. The molecule has 5 heteroatoms. The molecule has 0 radical (unpaired) electrons. The van der Waals surface area contributed by atoms with Crippen LogP contribution in [0.2, 0.25) is 0 Å². The van der Waals surface area contributed by atoms with E-state index in [2.05, 4.69) is 15.3 Å². The molecule has 1 saturated heterocycles. The molecule has 0 bridgehead atoms. The smallest absolute Gasteiger partial charge is 0.220 e. The second-order valence-electron chi connectivity index (χ2n) is 2.57. The second kappa shape index (κ2) is 3.83. The summed E-state index contributed by atoms with van der Waals surface area (Å²) in [6.07, 6.45) is 2.43. The Morgan fingerprint density at radius 2 is 2.64 bits per heavy atom. The highest BCUT2D eigenvalue weighted by atomic mass is 16.1. The van der Waals surface area contributed by atoms with Crippen LogP contribution in [0.4, 0.5) is 0 Å². The predicted octanol–water partition coefficient (Wildman–Crippen LogP) is 0.965. The van der Waals surface area contributed by atoms with E-state index in [4.69, 9.17) is 5.53 Å². The standard InChI is InChI=1S/C6H10N4O/c7-10-8-4-5-2-1-3-6(11)9-5/h5H,1-4H2,(H,9,11)/t5-/m0/s1. The van der Waals surface area contributed by atoms with Crippen LogP contribution in [0.3, 0.4) is 0 Å². The molecule has 1 N–H and O–H groups in total. The Bertz CT molecular complexity index is 195. The third kappa shape index (κ3) is 2.47. The predicted molar refractivity (Wildman–Crippen MR) is 39.8 cm³/mol. The van der Waals surface area contributed by atoms with Crippen molar-refractivity contribution in [1.29, 1.82) is 0 Å². The molecule has 1 rings (SSSR count). The Morgan fingerprint density at radius 1 is 1.82 bits per heavy atom. The lowest BCUT2D eigenvalue weighted by atomic mass is 10.1. The van der Waals surface area contributed by atoms with Crippen LogP contribution in [-0.2, 0) is 4.79 Å². The fourth-order valence-corrected chi connectivity index (χ4v) is 1.15. The lowest BCUT2D eigenvalue weighted by Crippen LogP contribution is -2.40. The van der Waals surface area contributed by atoms with Gasteiger partial charge in [-0.25, -0.2) is 0 Å². The largest absolute Gasteiger partial charge is 0.353 e. The average molecular weight is 154 g/mol. The number of azide groups is 1. The van der Waals surface area contributed by atoms with Crippen molar-refractivity contribution in [1.82, 2.24) is 5.32 Å². The number of piperidine rings is 1. The zero-order valence-electron chi connectivity index (χ0n) is 6.16. The van der Waals surface area contributed by atoms with Gasteiger partial charge in [-0.2, -0.15) is 0 Å². The van der Waals surface area contributed by atoms with Crippen molar-refractivity contribution in [2.45, 2.75) is 25.3 Å². The molecule has 60 valence electrons. The van der Waals surface area contributed by atoms with Gasteiger partial charge in [0, 0.05) is 23.9 Å². The van der Waals surface area contributed by atoms with Crippen LogP contribution in [-0.4, -0.2) is 18.5 Å². The number of nitrogens with one attached hydrogen (secondary N) is 1. The molecule has 1 fully saturated rings. The van der Waals surface area contributed by atoms with E-state index < -0.39 is 0 Å². The maximum absolute atomic E-state index is 10.8. The van der Waals surface area contributed by atoms with Gasteiger partial charge in [0.05, 0.1) is 0 Å².